The van der Waals surface area contributed by atoms with Crippen LogP contribution in [0.5, 0.6) is 0 Å². The van der Waals surface area contributed by atoms with E-state index in [9.17, 15) is 4.21 Å². The smallest absolute Gasteiger partial charge is 0.0897 e. The average molecular weight is 259 g/mol. The highest BCUT2D eigenvalue weighted by molar-refractivity contribution is 7.84. The fraction of sp³-hybridized carbons (Fsp3) is 0.727. The van der Waals surface area contributed by atoms with Crippen molar-refractivity contribution in [3.63, 3.8) is 0 Å². The number of aryl methyl sites for hydroxylation is 1. The van der Waals surface area contributed by atoms with Crippen LogP contribution in [0.15, 0.2) is 6.20 Å². The van der Waals surface area contributed by atoms with Crippen LogP contribution in [0.2, 0.25) is 0 Å². The van der Waals surface area contributed by atoms with Crippen LogP contribution in [0.3, 0.4) is 0 Å². The van der Waals surface area contributed by atoms with Gasteiger partial charge in [0.05, 0.1) is 22.6 Å². The fourth-order valence-corrected chi connectivity index (χ4v) is 4.24. The summed E-state index contributed by atoms with van der Waals surface area (Å²) in [6.45, 7) is 2.81. The molecule has 1 saturated heterocycles. The first-order valence-electron chi connectivity index (χ1n) is 5.62. The molecule has 0 spiro atoms. The van der Waals surface area contributed by atoms with Crippen molar-refractivity contribution in [1.82, 2.24) is 4.98 Å². The number of hydrogen-bond acceptors (Lipinski definition) is 4. The third kappa shape index (κ3) is 3.64. The molecule has 0 N–H and O–H groups in total. The monoisotopic (exact) mass is 259 g/mol. The first-order valence-corrected chi connectivity index (χ1v) is 7.92. The predicted molar refractivity (Wildman–Crippen MR) is 67.2 cm³/mol. The second-order valence-corrected chi connectivity index (χ2v) is 6.91. The molecule has 0 unspecified atom stereocenters. The van der Waals surface area contributed by atoms with Gasteiger partial charge < -0.3 is 4.74 Å². The minimum atomic E-state index is -0.810. The van der Waals surface area contributed by atoms with Gasteiger partial charge in [-0.2, -0.15) is 0 Å². The Hall–Kier alpha value is -0.260. The van der Waals surface area contributed by atoms with Crippen molar-refractivity contribution in [3.8, 4) is 0 Å². The standard InChI is InChI=1S/C11H17NO2S2/c1-9-12-6-11(15-9)8-16(13)7-10-4-2-3-5-14-10/h6,10H,2-5,7-8H2,1H3/t10-,16+/m0/s1. The van der Waals surface area contributed by atoms with Gasteiger partial charge in [-0.05, 0) is 26.2 Å². The highest BCUT2D eigenvalue weighted by Crippen LogP contribution is 2.17. The Morgan fingerprint density at radius 2 is 2.50 bits per heavy atom. The van der Waals surface area contributed by atoms with E-state index >= 15 is 0 Å². The molecule has 1 aliphatic rings. The molecule has 90 valence electrons. The molecule has 0 aliphatic carbocycles. The van der Waals surface area contributed by atoms with E-state index in [1.165, 1.54) is 6.42 Å². The summed E-state index contributed by atoms with van der Waals surface area (Å²) < 4.78 is 17.5. The van der Waals surface area contributed by atoms with E-state index in [2.05, 4.69) is 4.98 Å². The molecule has 2 rings (SSSR count). The summed E-state index contributed by atoms with van der Waals surface area (Å²) in [5.74, 6) is 1.31. The maximum absolute atomic E-state index is 11.9. The van der Waals surface area contributed by atoms with Crippen LogP contribution in [0, 0.1) is 6.92 Å². The van der Waals surface area contributed by atoms with Crippen LogP contribution in [-0.2, 0) is 21.3 Å². The molecule has 0 bridgehead atoms. The van der Waals surface area contributed by atoms with E-state index in [1.54, 1.807) is 11.3 Å². The van der Waals surface area contributed by atoms with Gasteiger partial charge in [0, 0.05) is 28.5 Å². The molecule has 0 radical (unpaired) electrons. The first kappa shape index (κ1) is 12.2. The summed E-state index contributed by atoms with van der Waals surface area (Å²) in [5, 5.41) is 1.04. The summed E-state index contributed by atoms with van der Waals surface area (Å²) >= 11 is 1.63. The number of hydrogen-bond donors (Lipinski definition) is 0. The van der Waals surface area contributed by atoms with Gasteiger partial charge in [-0.15, -0.1) is 11.3 Å². The van der Waals surface area contributed by atoms with Gasteiger partial charge in [0.15, 0.2) is 0 Å². The zero-order valence-corrected chi connectivity index (χ0v) is 11.1. The lowest BCUT2D eigenvalue weighted by atomic mass is 10.1. The highest BCUT2D eigenvalue weighted by atomic mass is 32.2. The van der Waals surface area contributed by atoms with E-state index in [0.717, 1.165) is 29.3 Å². The van der Waals surface area contributed by atoms with Crippen LogP contribution >= 0.6 is 11.3 Å². The lowest BCUT2D eigenvalue weighted by Crippen LogP contribution is -2.25. The van der Waals surface area contributed by atoms with E-state index in [-0.39, 0.29) is 6.10 Å². The number of nitrogens with zero attached hydrogens (tertiary/aromatic N) is 1. The molecule has 3 nitrogen and oxygen atoms in total. The quantitative estimate of drug-likeness (QED) is 0.832. The average Bonchev–Trinajstić information content (AvgIpc) is 2.65. The summed E-state index contributed by atoms with van der Waals surface area (Å²) in [7, 11) is -0.810. The fourth-order valence-electron chi connectivity index (χ4n) is 1.84. The van der Waals surface area contributed by atoms with Crippen molar-refractivity contribution in [2.24, 2.45) is 0 Å². The van der Waals surface area contributed by atoms with Crippen molar-refractivity contribution in [3.05, 3.63) is 16.1 Å². The van der Waals surface area contributed by atoms with Crippen molar-refractivity contribution >= 4 is 22.1 Å². The molecule has 2 atom stereocenters. The van der Waals surface area contributed by atoms with Gasteiger partial charge in [-0.1, -0.05) is 0 Å². The minimum absolute atomic E-state index is 0.212. The number of thiazole rings is 1. The SMILES string of the molecule is Cc1ncc(C[S@](=O)C[C@@H]2CCCCO2)s1. The summed E-state index contributed by atoms with van der Waals surface area (Å²) in [6, 6.07) is 0. The summed E-state index contributed by atoms with van der Waals surface area (Å²) in [6.07, 6.45) is 5.47. The Labute approximate surface area is 103 Å². The van der Waals surface area contributed by atoms with Crippen molar-refractivity contribution < 1.29 is 8.95 Å². The Morgan fingerprint density at radius 1 is 1.62 bits per heavy atom. The number of aromatic nitrogens is 1. The zero-order valence-electron chi connectivity index (χ0n) is 9.48. The molecular formula is C11H17NO2S2. The second-order valence-electron chi connectivity index (χ2n) is 4.09. The summed E-state index contributed by atoms with van der Waals surface area (Å²) in [5.41, 5.74) is 0. The minimum Gasteiger partial charge on any atom is -0.377 e. The van der Waals surface area contributed by atoms with Gasteiger partial charge >= 0.3 is 0 Å². The maximum Gasteiger partial charge on any atom is 0.0897 e. The third-order valence-corrected chi connectivity index (χ3v) is 5.09. The Kier molecular flexibility index (Phi) is 4.49. The van der Waals surface area contributed by atoms with Gasteiger partial charge in [0.1, 0.15) is 0 Å². The lowest BCUT2D eigenvalue weighted by molar-refractivity contribution is 0.0310. The second kappa shape index (κ2) is 5.89. The molecule has 16 heavy (non-hydrogen) atoms. The van der Waals surface area contributed by atoms with Gasteiger partial charge in [-0.25, -0.2) is 4.98 Å². The molecule has 2 heterocycles. The number of ether oxygens (including phenoxy) is 1. The molecule has 1 aromatic heterocycles. The third-order valence-electron chi connectivity index (χ3n) is 2.62. The van der Waals surface area contributed by atoms with Crippen LogP contribution in [0.25, 0.3) is 0 Å². The Morgan fingerprint density at radius 3 is 3.12 bits per heavy atom. The Bertz CT molecular complexity index is 359. The molecule has 1 aliphatic heterocycles. The lowest BCUT2D eigenvalue weighted by Gasteiger charge is -2.21. The predicted octanol–water partition coefficient (Wildman–Crippen LogP) is 2.27. The van der Waals surface area contributed by atoms with E-state index in [1.807, 2.05) is 13.1 Å². The molecule has 1 aromatic rings. The van der Waals surface area contributed by atoms with Crippen molar-refractivity contribution in [2.45, 2.75) is 38.0 Å². The molecule has 1 fully saturated rings. The molecule has 0 saturated carbocycles. The van der Waals surface area contributed by atoms with Gasteiger partial charge in [0.25, 0.3) is 0 Å². The van der Waals surface area contributed by atoms with Crippen LogP contribution in [-0.4, -0.2) is 27.7 Å². The first-order chi connectivity index (χ1) is 7.74. The topological polar surface area (TPSA) is 39.2 Å². The maximum atomic E-state index is 11.9. The van der Waals surface area contributed by atoms with E-state index in [4.69, 9.17) is 4.74 Å². The van der Waals surface area contributed by atoms with E-state index < -0.39 is 10.8 Å². The zero-order chi connectivity index (χ0) is 11.4. The highest BCUT2D eigenvalue weighted by Gasteiger charge is 2.17. The molecular weight excluding hydrogens is 242 g/mol. The van der Waals surface area contributed by atoms with Crippen molar-refractivity contribution in [2.75, 3.05) is 12.4 Å². The van der Waals surface area contributed by atoms with Gasteiger partial charge in [0.2, 0.25) is 0 Å². The van der Waals surface area contributed by atoms with Crippen LogP contribution in [0.4, 0.5) is 0 Å². The van der Waals surface area contributed by atoms with Crippen LogP contribution < -0.4 is 0 Å². The normalized spacial score (nSPS) is 23.2. The molecule has 0 amide bonds. The van der Waals surface area contributed by atoms with Crippen LogP contribution in [0.1, 0.15) is 29.1 Å². The molecule has 0 aromatic carbocycles. The largest absolute Gasteiger partial charge is 0.377 e. The molecule has 5 heteroatoms. The Balaban J connectivity index is 1.79. The number of rotatable bonds is 4. The summed E-state index contributed by atoms with van der Waals surface area (Å²) in [4.78, 5) is 5.29. The van der Waals surface area contributed by atoms with E-state index in [0.29, 0.717) is 11.5 Å². The van der Waals surface area contributed by atoms with Crippen molar-refractivity contribution in [1.29, 1.82) is 0 Å². The van der Waals surface area contributed by atoms with Gasteiger partial charge in [-0.3, -0.25) is 4.21 Å².